The molecule has 0 amide bonds. The summed E-state index contributed by atoms with van der Waals surface area (Å²) in [5.74, 6) is 0.159. The quantitative estimate of drug-likeness (QED) is 0.730. The molecule has 0 spiro atoms. The van der Waals surface area contributed by atoms with Gasteiger partial charge < -0.3 is 4.98 Å². The molecular weight excluding hydrogens is 265 g/mol. The second kappa shape index (κ2) is 4.38. The monoisotopic (exact) mass is 271 g/mol. The second-order valence-electron chi connectivity index (χ2n) is 4.05. The molecule has 3 aromatic rings. The Morgan fingerprint density at radius 3 is 2.79 bits per heavy atom. The minimum absolute atomic E-state index is 0.291. The van der Waals surface area contributed by atoms with Crippen molar-refractivity contribution in [1.29, 1.82) is 5.26 Å². The first-order valence-corrected chi connectivity index (χ1v) is 5.90. The van der Waals surface area contributed by atoms with Gasteiger partial charge in [0, 0.05) is 5.56 Å². The van der Waals surface area contributed by atoms with Crippen molar-refractivity contribution in [3.63, 3.8) is 0 Å². The molecule has 92 valence electrons. The molecule has 0 unspecified atom stereocenters. The van der Waals surface area contributed by atoms with Crippen LogP contribution >= 0.6 is 11.6 Å². The number of nitriles is 1. The molecule has 0 saturated carbocycles. The van der Waals surface area contributed by atoms with Gasteiger partial charge >= 0.3 is 0 Å². The number of hydrogen-bond donors (Lipinski definition) is 1. The first kappa shape index (κ1) is 11.7. The molecular formula is C14H7ClFN3. The molecule has 0 saturated heterocycles. The lowest BCUT2D eigenvalue weighted by Gasteiger charge is -1.99. The Morgan fingerprint density at radius 1 is 1.21 bits per heavy atom. The normalized spacial score (nSPS) is 10.6. The highest BCUT2D eigenvalue weighted by atomic mass is 35.5. The van der Waals surface area contributed by atoms with Gasteiger partial charge in [-0.15, -0.1) is 0 Å². The Balaban J connectivity index is 2.18. The molecule has 0 fully saturated rings. The molecule has 0 aliphatic rings. The second-order valence-corrected chi connectivity index (χ2v) is 4.46. The zero-order valence-corrected chi connectivity index (χ0v) is 10.4. The lowest BCUT2D eigenvalue weighted by molar-refractivity contribution is 0.628. The Kier molecular flexibility index (Phi) is 2.69. The van der Waals surface area contributed by atoms with Gasteiger partial charge in [0.2, 0.25) is 0 Å². The van der Waals surface area contributed by atoms with Crippen molar-refractivity contribution in [2.24, 2.45) is 0 Å². The van der Waals surface area contributed by atoms with Gasteiger partial charge in [0.25, 0.3) is 0 Å². The summed E-state index contributed by atoms with van der Waals surface area (Å²) in [5, 5.41) is 9.14. The average molecular weight is 272 g/mol. The van der Waals surface area contributed by atoms with Crippen LogP contribution in [0.5, 0.6) is 0 Å². The molecule has 1 aromatic heterocycles. The maximum Gasteiger partial charge on any atom is 0.140 e. The van der Waals surface area contributed by atoms with Crippen LogP contribution in [-0.4, -0.2) is 9.97 Å². The summed E-state index contributed by atoms with van der Waals surface area (Å²) in [5.41, 5.74) is 2.65. The lowest BCUT2D eigenvalue weighted by atomic mass is 10.2. The Labute approximate surface area is 113 Å². The molecule has 1 heterocycles. The topological polar surface area (TPSA) is 52.5 Å². The molecule has 2 aromatic carbocycles. The number of nitrogens with zero attached hydrogens (tertiary/aromatic N) is 2. The van der Waals surface area contributed by atoms with Gasteiger partial charge in [-0.1, -0.05) is 11.6 Å². The minimum Gasteiger partial charge on any atom is -0.338 e. The molecule has 0 atom stereocenters. The fraction of sp³-hybridized carbons (Fsp3) is 0. The Hall–Kier alpha value is -2.38. The van der Waals surface area contributed by atoms with Crippen LogP contribution in [-0.2, 0) is 0 Å². The summed E-state index contributed by atoms with van der Waals surface area (Å²) >= 11 is 6.00. The number of H-pyrrole nitrogens is 1. The molecule has 0 radical (unpaired) electrons. The van der Waals surface area contributed by atoms with Crippen LogP contribution in [0.1, 0.15) is 5.56 Å². The highest BCUT2D eigenvalue weighted by molar-refractivity contribution is 6.33. The number of imidazole rings is 1. The number of aromatic amines is 1. The van der Waals surface area contributed by atoms with Gasteiger partial charge in [-0.3, -0.25) is 0 Å². The van der Waals surface area contributed by atoms with Crippen molar-refractivity contribution in [2.45, 2.75) is 0 Å². The van der Waals surface area contributed by atoms with E-state index >= 15 is 0 Å². The van der Waals surface area contributed by atoms with E-state index in [4.69, 9.17) is 16.9 Å². The summed E-state index contributed by atoms with van der Waals surface area (Å²) in [4.78, 5) is 7.45. The lowest BCUT2D eigenvalue weighted by Crippen LogP contribution is -1.83. The molecule has 19 heavy (non-hydrogen) atoms. The van der Waals surface area contributed by atoms with Crippen LogP contribution in [0.25, 0.3) is 22.4 Å². The third-order valence-corrected chi connectivity index (χ3v) is 3.11. The average Bonchev–Trinajstić information content (AvgIpc) is 2.80. The molecule has 5 heteroatoms. The maximum absolute atomic E-state index is 13.0. The standard InChI is InChI=1S/C14H7ClFN3/c15-11-6-9(16)2-3-10(11)14-18-12-4-1-8(7-17)5-13(12)19-14/h1-6H,(H,18,19). The largest absolute Gasteiger partial charge is 0.338 e. The molecule has 3 rings (SSSR count). The zero-order valence-electron chi connectivity index (χ0n) is 9.61. The van der Waals surface area contributed by atoms with Crippen LogP contribution in [0, 0.1) is 17.1 Å². The van der Waals surface area contributed by atoms with Crippen molar-refractivity contribution in [2.75, 3.05) is 0 Å². The number of nitrogens with one attached hydrogen (secondary N) is 1. The van der Waals surface area contributed by atoms with Crippen LogP contribution in [0.3, 0.4) is 0 Å². The van der Waals surface area contributed by atoms with Crippen LogP contribution in [0.2, 0.25) is 5.02 Å². The molecule has 1 N–H and O–H groups in total. The van der Waals surface area contributed by atoms with Crippen LogP contribution in [0.15, 0.2) is 36.4 Å². The van der Waals surface area contributed by atoms with E-state index in [-0.39, 0.29) is 0 Å². The van der Waals surface area contributed by atoms with Gasteiger partial charge in [0.05, 0.1) is 27.7 Å². The number of rotatable bonds is 1. The van der Waals surface area contributed by atoms with E-state index < -0.39 is 5.82 Å². The summed E-state index contributed by atoms with van der Waals surface area (Å²) in [7, 11) is 0. The van der Waals surface area contributed by atoms with Crippen LogP contribution in [0.4, 0.5) is 4.39 Å². The van der Waals surface area contributed by atoms with E-state index in [1.54, 1.807) is 24.3 Å². The van der Waals surface area contributed by atoms with E-state index in [1.165, 1.54) is 12.1 Å². The van der Waals surface area contributed by atoms with Gasteiger partial charge in [-0.25, -0.2) is 9.37 Å². The number of halogens is 2. The molecule has 3 nitrogen and oxygen atoms in total. The SMILES string of the molecule is N#Cc1ccc2nc(-c3ccc(F)cc3Cl)[nH]c2c1. The predicted octanol–water partition coefficient (Wildman–Crippen LogP) is 3.89. The van der Waals surface area contributed by atoms with E-state index in [2.05, 4.69) is 16.0 Å². The predicted molar refractivity (Wildman–Crippen MR) is 71.2 cm³/mol. The highest BCUT2D eigenvalue weighted by Crippen LogP contribution is 2.28. The van der Waals surface area contributed by atoms with Gasteiger partial charge in [0.15, 0.2) is 0 Å². The smallest absolute Gasteiger partial charge is 0.140 e. The van der Waals surface area contributed by atoms with E-state index in [0.717, 1.165) is 11.0 Å². The third-order valence-electron chi connectivity index (χ3n) is 2.80. The highest BCUT2D eigenvalue weighted by Gasteiger charge is 2.10. The van der Waals surface area contributed by atoms with Crippen molar-refractivity contribution in [3.05, 3.63) is 52.8 Å². The van der Waals surface area contributed by atoms with Gasteiger partial charge in [-0.2, -0.15) is 5.26 Å². The number of fused-ring (bicyclic) bond motifs is 1. The van der Waals surface area contributed by atoms with E-state index in [9.17, 15) is 4.39 Å². The maximum atomic E-state index is 13.0. The number of benzene rings is 2. The summed E-state index contributed by atoms with van der Waals surface area (Å²) in [6.45, 7) is 0. The zero-order chi connectivity index (χ0) is 13.4. The summed E-state index contributed by atoms with van der Waals surface area (Å²) in [6.07, 6.45) is 0. The number of aromatic nitrogens is 2. The Morgan fingerprint density at radius 2 is 2.05 bits per heavy atom. The van der Waals surface area contributed by atoms with Crippen molar-refractivity contribution in [1.82, 2.24) is 9.97 Å². The minimum atomic E-state index is -0.392. The van der Waals surface area contributed by atoms with Crippen molar-refractivity contribution >= 4 is 22.6 Å². The fourth-order valence-electron chi connectivity index (χ4n) is 1.89. The van der Waals surface area contributed by atoms with E-state index in [0.29, 0.717) is 22.0 Å². The molecule has 0 aliphatic heterocycles. The van der Waals surface area contributed by atoms with E-state index in [1.807, 2.05) is 0 Å². The first-order valence-electron chi connectivity index (χ1n) is 5.52. The van der Waals surface area contributed by atoms with Gasteiger partial charge in [0.1, 0.15) is 11.6 Å². The summed E-state index contributed by atoms with van der Waals surface area (Å²) in [6, 6.07) is 11.4. The first-order chi connectivity index (χ1) is 9.17. The Bertz CT molecular complexity index is 817. The third kappa shape index (κ3) is 2.05. The summed E-state index contributed by atoms with van der Waals surface area (Å²) < 4.78 is 13.0. The fourth-order valence-corrected chi connectivity index (χ4v) is 2.14. The van der Waals surface area contributed by atoms with Crippen LogP contribution < -0.4 is 0 Å². The van der Waals surface area contributed by atoms with Crippen molar-refractivity contribution in [3.8, 4) is 17.5 Å². The number of hydrogen-bond acceptors (Lipinski definition) is 2. The molecule has 0 aliphatic carbocycles. The molecule has 0 bridgehead atoms. The van der Waals surface area contributed by atoms with Gasteiger partial charge in [-0.05, 0) is 36.4 Å². The van der Waals surface area contributed by atoms with Crippen molar-refractivity contribution < 1.29 is 4.39 Å².